The first kappa shape index (κ1) is 22.0. The molecule has 1 aliphatic rings. The zero-order valence-corrected chi connectivity index (χ0v) is 18.8. The van der Waals surface area contributed by atoms with Crippen molar-refractivity contribution in [2.75, 3.05) is 6.61 Å². The molecule has 2 aromatic carbocycles. The number of nitrogens with one attached hydrogen (secondary N) is 1. The molecule has 31 heavy (non-hydrogen) atoms. The Morgan fingerprint density at radius 1 is 1.10 bits per heavy atom. The van der Waals surface area contributed by atoms with Crippen LogP contribution in [0.4, 0.5) is 4.39 Å². The average Bonchev–Trinajstić information content (AvgIpc) is 3.26. The SMILES string of the molecule is O=C(COc1ccc(Cl)c(F)c1)N[C@H]1CC[C@H](c2nnc(-c3ccc(Cl)cc3)s2)CC1. The molecule has 1 heterocycles. The van der Waals surface area contributed by atoms with Crippen LogP contribution in [-0.4, -0.2) is 28.8 Å². The van der Waals surface area contributed by atoms with Crippen molar-refractivity contribution in [3.63, 3.8) is 0 Å². The fraction of sp³-hybridized carbons (Fsp3) is 0.318. The normalized spacial score (nSPS) is 18.5. The highest BCUT2D eigenvalue weighted by molar-refractivity contribution is 7.14. The number of hydrogen-bond acceptors (Lipinski definition) is 5. The quantitative estimate of drug-likeness (QED) is 0.479. The summed E-state index contributed by atoms with van der Waals surface area (Å²) >= 11 is 13.2. The lowest BCUT2D eigenvalue weighted by atomic mass is 9.86. The van der Waals surface area contributed by atoms with Gasteiger partial charge in [0.25, 0.3) is 5.91 Å². The Morgan fingerprint density at radius 3 is 2.55 bits per heavy atom. The molecule has 3 aromatic rings. The van der Waals surface area contributed by atoms with Gasteiger partial charge in [-0.15, -0.1) is 10.2 Å². The molecule has 5 nitrogen and oxygen atoms in total. The van der Waals surface area contributed by atoms with Gasteiger partial charge in [0.1, 0.15) is 21.6 Å². The molecule has 1 fully saturated rings. The van der Waals surface area contributed by atoms with Crippen LogP contribution in [0.1, 0.15) is 36.6 Å². The van der Waals surface area contributed by atoms with E-state index in [0.29, 0.717) is 10.9 Å². The molecule has 1 amide bonds. The van der Waals surface area contributed by atoms with Crippen LogP contribution in [0.15, 0.2) is 42.5 Å². The van der Waals surface area contributed by atoms with Gasteiger partial charge in [0.15, 0.2) is 6.61 Å². The maximum atomic E-state index is 13.4. The molecule has 1 N–H and O–H groups in total. The van der Waals surface area contributed by atoms with Gasteiger partial charge in [-0.3, -0.25) is 4.79 Å². The Hall–Kier alpha value is -2.22. The molecule has 4 rings (SSSR count). The minimum Gasteiger partial charge on any atom is -0.484 e. The first-order chi connectivity index (χ1) is 15.0. The average molecular weight is 480 g/mol. The zero-order chi connectivity index (χ0) is 21.8. The lowest BCUT2D eigenvalue weighted by Crippen LogP contribution is -2.39. The number of aromatic nitrogens is 2. The van der Waals surface area contributed by atoms with Crippen molar-refractivity contribution < 1.29 is 13.9 Å². The van der Waals surface area contributed by atoms with Crippen molar-refractivity contribution in [2.24, 2.45) is 0 Å². The molecule has 1 aliphatic carbocycles. The van der Waals surface area contributed by atoms with Crippen LogP contribution in [0.2, 0.25) is 10.0 Å². The Balaban J connectivity index is 1.24. The number of halogens is 3. The lowest BCUT2D eigenvalue weighted by Gasteiger charge is -2.27. The molecule has 0 spiro atoms. The number of carbonyl (C=O) groups excluding carboxylic acids is 1. The summed E-state index contributed by atoms with van der Waals surface area (Å²) in [5, 5.41) is 14.3. The second kappa shape index (κ2) is 9.94. The summed E-state index contributed by atoms with van der Waals surface area (Å²) in [4.78, 5) is 12.2. The summed E-state index contributed by atoms with van der Waals surface area (Å²) in [6.45, 7) is -0.165. The van der Waals surface area contributed by atoms with E-state index in [1.54, 1.807) is 11.3 Å². The number of nitrogens with zero attached hydrogens (tertiary/aromatic N) is 2. The van der Waals surface area contributed by atoms with E-state index in [4.69, 9.17) is 27.9 Å². The molecule has 0 saturated heterocycles. The summed E-state index contributed by atoms with van der Waals surface area (Å²) in [5.41, 5.74) is 1.01. The van der Waals surface area contributed by atoms with Crippen molar-refractivity contribution in [1.82, 2.24) is 15.5 Å². The lowest BCUT2D eigenvalue weighted by molar-refractivity contribution is -0.124. The van der Waals surface area contributed by atoms with Gasteiger partial charge in [0.05, 0.1) is 5.02 Å². The fourth-order valence-electron chi connectivity index (χ4n) is 3.58. The number of amides is 1. The van der Waals surface area contributed by atoms with Crippen LogP contribution in [0.5, 0.6) is 5.75 Å². The molecule has 9 heteroatoms. The Bertz CT molecular complexity index is 1050. The highest BCUT2D eigenvalue weighted by atomic mass is 35.5. The molecule has 0 aliphatic heterocycles. The Morgan fingerprint density at radius 2 is 1.84 bits per heavy atom. The third-order valence-corrected chi connectivity index (χ3v) is 6.93. The predicted octanol–water partition coefficient (Wildman–Crippen LogP) is 5.87. The van der Waals surface area contributed by atoms with Crippen molar-refractivity contribution in [1.29, 1.82) is 0 Å². The number of benzene rings is 2. The molecule has 0 atom stereocenters. The Labute approximate surface area is 193 Å². The molecule has 162 valence electrons. The van der Waals surface area contributed by atoms with E-state index in [9.17, 15) is 9.18 Å². The first-order valence-electron chi connectivity index (χ1n) is 9.94. The van der Waals surface area contributed by atoms with Gasteiger partial charge in [-0.2, -0.15) is 0 Å². The monoisotopic (exact) mass is 479 g/mol. The number of carbonyl (C=O) groups is 1. The van der Waals surface area contributed by atoms with E-state index in [-0.39, 0.29) is 29.3 Å². The van der Waals surface area contributed by atoms with Crippen LogP contribution < -0.4 is 10.1 Å². The van der Waals surface area contributed by atoms with Gasteiger partial charge in [-0.1, -0.05) is 46.7 Å². The Kier molecular flexibility index (Phi) is 7.05. The zero-order valence-electron chi connectivity index (χ0n) is 16.5. The minimum atomic E-state index is -0.575. The second-order valence-corrected chi connectivity index (χ2v) is 9.29. The fourth-order valence-corrected chi connectivity index (χ4v) is 4.84. The predicted molar refractivity (Wildman–Crippen MR) is 120 cm³/mol. The first-order valence-corrected chi connectivity index (χ1v) is 11.5. The smallest absolute Gasteiger partial charge is 0.258 e. The van der Waals surface area contributed by atoms with Crippen LogP contribution in [0.3, 0.4) is 0 Å². The molecule has 0 unspecified atom stereocenters. The van der Waals surface area contributed by atoms with Gasteiger partial charge >= 0.3 is 0 Å². The van der Waals surface area contributed by atoms with Gasteiger partial charge < -0.3 is 10.1 Å². The summed E-state index contributed by atoms with van der Waals surface area (Å²) in [6.07, 6.45) is 3.59. The summed E-state index contributed by atoms with van der Waals surface area (Å²) in [5.74, 6) is -0.179. The van der Waals surface area contributed by atoms with E-state index in [1.807, 2.05) is 24.3 Å². The van der Waals surface area contributed by atoms with Gasteiger partial charge in [0.2, 0.25) is 0 Å². The van der Waals surface area contributed by atoms with Crippen LogP contribution >= 0.6 is 34.5 Å². The third-order valence-electron chi connectivity index (χ3n) is 5.23. The van der Waals surface area contributed by atoms with Crippen molar-refractivity contribution in [2.45, 2.75) is 37.6 Å². The van der Waals surface area contributed by atoms with Crippen LogP contribution in [0.25, 0.3) is 10.6 Å². The van der Waals surface area contributed by atoms with E-state index < -0.39 is 5.82 Å². The van der Waals surface area contributed by atoms with E-state index in [1.165, 1.54) is 18.2 Å². The molecular formula is C22H20Cl2FN3O2S. The molecule has 0 radical (unpaired) electrons. The maximum Gasteiger partial charge on any atom is 0.258 e. The summed E-state index contributed by atoms with van der Waals surface area (Å²) in [6, 6.07) is 11.8. The van der Waals surface area contributed by atoms with Gasteiger partial charge in [0, 0.05) is 28.6 Å². The number of hydrogen-bond donors (Lipinski definition) is 1. The maximum absolute atomic E-state index is 13.4. The molecular weight excluding hydrogens is 460 g/mol. The van der Waals surface area contributed by atoms with Crippen LogP contribution in [0, 0.1) is 5.82 Å². The highest BCUT2D eigenvalue weighted by Gasteiger charge is 2.26. The number of ether oxygens (including phenoxy) is 1. The van der Waals surface area contributed by atoms with Crippen molar-refractivity contribution in [3.05, 3.63) is 63.3 Å². The molecule has 1 aromatic heterocycles. The molecule has 0 bridgehead atoms. The second-order valence-electron chi connectivity index (χ2n) is 7.43. The summed E-state index contributed by atoms with van der Waals surface area (Å²) in [7, 11) is 0. The minimum absolute atomic E-state index is 0.0179. The highest BCUT2D eigenvalue weighted by Crippen LogP contribution is 2.36. The van der Waals surface area contributed by atoms with Crippen LogP contribution in [-0.2, 0) is 4.79 Å². The third kappa shape index (κ3) is 5.73. The van der Waals surface area contributed by atoms with Crippen molar-refractivity contribution >= 4 is 40.4 Å². The van der Waals surface area contributed by atoms with Crippen molar-refractivity contribution in [3.8, 4) is 16.3 Å². The van der Waals surface area contributed by atoms with E-state index in [0.717, 1.165) is 41.3 Å². The van der Waals surface area contributed by atoms with E-state index in [2.05, 4.69) is 15.5 Å². The molecule has 1 saturated carbocycles. The van der Waals surface area contributed by atoms with E-state index >= 15 is 0 Å². The van der Waals surface area contributed by atoms with Gasteiger partial charge in [-0.25, -0.2) is 4.39 Å². The largest absolute Gasteiger partial charge is 0.484 e. The standard InChI is InChI=1S/C22H20Cl2FN3O2S/c23-15-5-1-13(2-6-15)21-27-28-22(31-21)14-3-7-16(8-4-14)26-20(29)12-30-17-9-10-18(24)19(25)11-17/h1-2,5-6,9-11,14,16H,3-4,7-8,12H2,(H,26,29)/t14-,16-. The summed E-state index contributed by atoms with van der Waals surface area (Å²) < 4.78 is 18.8. The topological polar surface area (TPSA) is 64.1 Å². The number of rotatable bonds is 6. The van der Waals surface area contributed by atoms with Gasteiger partial charge in [-0.05, 0) is 49.9 Å².